The molecule has 0 amide bonds. The van der Waals surface area contributed by atoms with Crippen molar-refractivity contribution in [3.8, 4) is 0 Å². The normalized spacial score (nSPS) is 11.2. The summed E-state index contributed by atoms with van der Waals surface area (Å²) in [5.41, 5.74) is 2.04. The van der Waals surface area contributed by atoms with Crippen molar-refractivity contribution in [2.24, 2.45) is 10.2 Å². The van der Waals surface area contributed by atoms with Gasteiger partial charge in [0.05, 0.1) is 12.1 Å². The van der Waals surface area contributed by atoms with Gasteiger partial charge < -0.3 is 0 Å². The SMILES string of the molecule is Brc1ccccc1CN=Nc1ccc2ccccc2n1. The Labute approximate surface area is 125 Å². The molecular weight excluding hydrogens is 314 g/mol. The Balaban J connectivity index is 1.79. The summed E-state index contributed by atoms with van der Waals surface area (Å²) in [6.45, 7) is 0.538. The van der Waals surface area contributed by atoms with E-state index in [2.05, 4.69) is 31.1 Å². The van der Waals surface area contributed by atoms with E-state index in [0.717, 1.165) is 20.9 Å². The summed E-state index contributed by atoms with van der Waals surface area (Å²) in [6, 6.07) is 19.9. The second-order valence-corrected chi connectivity index (χ2v) is 5.21. The Morgan fingerprint density at radius 3 is 2.60 bits per heavy atom. The molecule has 0 unspecified atom stereocenters. The number of para-hydroxylation sites is 1. The molecule has 1 heterocycles. The molecule has 3 nitrogen and oxygen atoms in total. The fraction of sp³-hybridized carbons (Fsp3) is 0.0625. The molecule has 0 bridgehead atoms. The lowest BCUT2D eigenvalue weighted by Crippen LogP contribution is -1.82. The fourth-order valence-corrected chi connectivity index (χ4v) is 2.33. The van der Waals surface area contributed by atoms with Gasteiger partial charge in [0.1, 0.15) is 0 Å². The lowest BCUT2D eigenvalue weighted by atomic mass is 10.2. The lowest BCUT2D eigenvalue weighted by molar-refractivity contribution is 0.944. The largest absolute Gasteiger partial charge is 0.227 e. The van der Waals surface area contributed by atoms with Crippen LogP contribution in [0.25, 0.3) is 10.9 Å². The summed E-state index contributed by atoms with van der Waals surface area (Å²) in [5, 5.41) is 9.51. The third kappa shape index (κ3) is 2.91. The molecule has 20 heavy (non-hydrogen) atoms. The predicted octanol–water partition coefficient (Wildman–Crippen LogP) is 5.28. The number of fused-ring (bicyclic) bond motifs is 1. The summed E-state index contributed by atoms with van der Waals surface area (Å²) in [5.74, 6) is 0.635. The van der Waals surface area contributed by atoms with Gasteiger partial charge in [-0.3, -0.25) is 0 Å². The van der Waals surface area contributed by atoms with Crippen molar-refractivity contribution in [2.75, 3.05) is 0 Å². The maximum atomic E-state index is 4.46. The molecule has 0 aliphatic heterocycles. The summed E-state index contributed by atoms with van der Waals surface area (Å²) in [7, 11) is 0. The molecule has 0 aliphatic rings. The van der Waals surface area contributed by atoms with Crippen molar-refractivity contribution >= 4 is 32.7 Å². The van der Waals surface area contributed by atoms with E-state index in [0.29, 0.717) is 12.4 Å². The summed E-state index contributed by atoms with van der Waals surface area (Å²) >= 11 is 3.50. The van der Waals surface area contributed by atoms with Gasteiger partial charge in [-0.15, -0.1) is 5.11 Å². The van der Waals surface area contributed by atoms with Crippen LogP contribution in [0.5, 0.6) is 0 Å². The van der Waals surface area contributed by atoms with Gasteiger partial charge in [-0.05, 0) is 29.8 Å². The Kier molecular flexibility index (Phi) is 3.83. The van der Waals surface area contributed by atoms with Crippen LogP contribution in [0, 0.1) is 0 Å². The number of hydrogen-bond acceptors (Lipinski definition) is 3. The van der Waals surface area contributed by atoms with Gasteiger partial charge in [0, 0.05) is 9.86 Å². The van der Waals surface area contributed by atoms with Crippen molar-refractivity contribution in [3.63, 3.8) is 0 Å². The van der Waals surface area contributed by atoms with Gasteiger partial charge in [0.2, 0.25) is 0 Å². The van der Waals surface area contributed by atoms with Gasteiger partial charge in [0.15, 0.2) is 5.82 Å². The van der Waals surface area contributed by atoms with Crippen LogP contribution in [-0.4, -0.2) is 4.98 Å². The van der Waals surface area contributed by atoms with E-state index in [1.807, 2.05) is 60.7 Å². The van der Waals surface area contributed by atoms with Crippen molar-refractivity contribution < 1.29 is 0 Å². The smallest absolute Gasteiger partial charge is 0.174 e. The first kappa shape index (κ1) is 12.9. The van der Waals surface area contributed by atoms with Gasteiger partial charge in [-0.1, -0.05) is 52.3 Å². The van der Waals surface area contributed by atoms with E-state index in [1.165, 1.54) is 0 Å². The fourth-order valence-electron chi connectivity index (χ4n) is 1.92. The topological polar surface area (TPSA) is 37.6 Å². The Bertz CT molecular complexity index is 768. The highest BCUT2D eigenvalue weighted by molar-refractivity contribution is 9.10. The third-order valence-electron chi connectivity index (χ3n) is 2.96. The van der Waals surface area contributed by atoms with Crippen LogP contribution in [0.2, 0.25) is 0 Å². The average Bonchev–Trinajstić information content (AvgIpc) is 2.49. The second kappa shape index (κ2) is 5.92. The van der Waals surface area contributed by atoms with Crippen LogP contribution in [0.15, 0.2) is 75.4 Å². The summed E-state index contributed by atoms with van der Waals surface area (Å²) in [4.78, 5) is 4.46. The monoisotopic (exact) mass is 325 g/mol. The molecule has 3 rings (SSSR count). The van der Waals surface area contributed by atoms with Gasteiger partial charge in [-0.25, -0.2) is 4.98 Å². The number of hydrogen-bond donors (Lipinski definition) is 0. The van der Waals surface area contributed by atoms with Crippen molar-refractivity contribution in [1.82, 2.24) is 4.98 Å². The van der Waals surface area contributed by atoms with E-state index in [1.54, 1.807) is 0 Å². The molecule has 0 saturated carbocycles. The molecule has 0 fully saturated rings. The highest BCUT2D eigenvalue weighted by atomic mass is 79.9. The molecule has 0 N–H and O–H groups in total. The highest BCUT2D eigenvalue weighted by Gasteiger charge is 1.98. The first-order valence-electron chi connectivity index (χ1n) is 6.29. The molecular formula is C16H12BrN3. The molecule has 3 aromatic rings. The Morgan fingerprint density at radius 2 is 1.70 bits per heavy atom. The van der Waals surface area contributed by atoms with E-state index in [4.69, 9.17) is 0 Å². The molecule has 4 heteroatoms. The number of azo groups is 1. The van der Waals surface area contributed by atoms with Crippen molar-refractivity contribution in [2.45, 2.75) is 6.54 Å². The lowest BCUT2D eigenvalue weighted by Gasteiger charge is -1.99. The molecule has 98 valence electrons. The maximum Gasteiger partial charge on any atom is 0.174 e. The summed E-state index contributed by atoms with van der Waals surface area (Å²) in [6.07, 6.45) is 0. The minimum atomic E-state index is 0.538. The van der Waals surface area contributed by atoms with Gasteiger partial charge >= 0.3 is 0 Å². The van der Waals surface area contributed by atoms with Crippen molar-refractivity contribution in [1.29, 1.82) is 0 Å². The predicted molar refractivity (Wildman–Crippen MR) is 84.1 cm³/mol. The summed E-state index contributed by atoms with van der Waals surface area (Å²) < 4.78 is 1.05. The zero-order valence-corrected chi connectivity index (χ0v) is 12.3. The van der Waals surface area contributed by atoms with E-state index in [-0.39, 0.29) is 0 Å². The van der Waals surface area contributed by atoms with Crippen LogP contribution in [0.3, 0.4) is 0 Å². The van der Waals surface area contributed by atoms with Crippen LogP contribution in [-0.2, 0) is 6.54 Å². The number of rotatable bonds is 3. The Hall–Kier alpha value is -2.07. The Morgan fingerprint density at radius 1 is 0.900 bits per heavy atom. The maximum absolute atomic E-state index is 4.46. The standard InChI is InChI=1S/C16H12BrN3/c17-14-7-3-1-6-13(14)11-18-20-16-10-9-12-5-2-4-8-15(12)19-16/h1-10H,11H2. The zero-order chi connectivity index (χ0) is 13.8. The zero-order valence-electron chi connectivity index (χ0n) is 10.7. The molecule has 1 aromatic heterocycles. The van der Waals surface area contributed by atoms with Crippen molar-refractivity contribution in [3.05, 3.63) is 70.7 Å². The first-order chi connectivity index (χ1) is 9.83. The number of halogens is 1. The van der Waals surface area contributed by atoms with Crippen LogP contribution in [0.4, 0.5) is 5.82 Å². The first-order valence-corrected chi connectivity index (χ1v) is 7.09. The molecule has 2 aromatic carbocycles. The van der Waals surface area contributed by atoms with Crippen LogP contribution >= 0.6 is 15.9 Å². The molecule has 0 aliphatic carbocycles. The number of aromatic nitrogens is 1. The van der Waals surface area contributed by atoms with E-state index < -0.39 is 0 Å². The second-order valence-electron chi connectivity index (χ2n) is 4.35. The van der Waals surface area contributed by atoms with Crippen LogP contribution in [0.1, 0.15) is 5.56 Å². The average molecular weight is 326 g/mol. The molecule has 0 spiro atoms. The molecule has 0 saturated heterocycles. The number of benzene rings is 2. The third-order valence-corrected chi connectivity index (χ3v) is 3.73. The number of pyridine rings is 1. The highest BCUT2D eigenvalue weighted by Crippen LogP contribution is 2.19. The minimum Gasteiger partial charge on any atom is -0.227 e. The van der Waals surface area contributed by atoms with Gasteiger partial charge in [-0.2, -0.15) is 5.11 Å². The minimum absolute atomic E-state index is 0.538. The number of nitrogens with zero attached hydrogens (tertiary/aromatic N) is 3. The quantitative estimate of drug-likeness (QED) is 0.603. The molecule has 0 radical (unpaired) electrons. The molecule has 0 atom stereocenters. The van der Waals surface area contributed by atoms with Crippen LogP contribution < -0.4 is 0 Å². The van der Waals surface area contributed by atoms with Gasteiger partial charge in [0.25, 0.3) is 0 Å². The van der Waals surface area contributed by atoms with E-state index in [9.17, 15) is 0 Å². The van der Waals surface area contributed by atoms with E-state index >= 15 is 0 Å².